The fourth-order valence-corrected chi connectivity index (χ4v) is 1.88. The second kappa shape index (κ2) is 4.00. The number of nitrogens with one attached hydrogen (secondary N) is 1. The second-order valence-corrected chi connectivity index (χ2v) is 4.75. The molecule has 1 heterocycles. The van der Waals surface area contributed by atoms with Gasteiger partial charge in [0.25, 0.3) is 5.91 Å². The summed E-state index contributed by atoms with van der Waals surface area (Å²) in [6.45, 7) is 0. The number of aromatic nitrogens is 1. The zero-order valence-corrected chi connectivity index (χ0v) is 9.87. The van der Waals surface area contributed by atoms with Gasteiger partial charge in [-0.2, -0.15) is 0 Å². The number of benzene rings is 1. The lowest BCUT2D eigenvalue weighted by atomic mass is 10.1. The molecule has 3 rings (SSSR count). The lowest BCUT2D eigenvalue weighted by Gasteiger charge is -2.04. The molecule has 2 aromatic rings. The van der Waals surface area contributed by atoms with Crippen LogP contribution in [0.4, 0.5) is 0 Å². The highest BCUT2D eigenvalue weighted by Crippen LogP contribution is 2.21. The molecule has 0 atom stereocenters. The van der Waals surface area contributed by atoms with Gasteiger partial charge in [-0.1, -0.05) is 17.7 Å². The van der Waals surface area contributed by atoms with Crippen molar-refractivity contribution in [3.63, 3.8) is 0 Å². The van der Waals surface area contributed by atoms with E-state index in [-0.39, 0.29) is 5.91 Å². The number of pyridine rings is 1. The molecule has 1 fully saturated rings. The van der Waals surface area contributed by atoms with Crippen molar-refractivity contribution < 1.29 is 4.79 Å². The summed E-state index contributed by atoms with van der Waals surface area (Å²) < 4.78 is 0. The maximum Gasteiger partial charge on any atom is 0.253 e. The lowest BCUT2D eigenvalue weighted by molar-refractivity contribution is 0.0951. The van der Waals surface area contributed by atoms with E-state index < -0.39 is 0 Å². The molecule has 1 aliphatic carbocycles. The Balaban J connectivity index is 1.95. The van der Waals surface area contributed by atoms with Gasteiger partial charge in [-0.15, -0.1) is 0 Å². The molecule has 1 N–H and O–H groups in total. The number of fused-ring (bicyclic) bond motifs is 1. The Hall–Kier alpha value is -1.61. The highest BCUT2D eigenvalue weighted by Gasteiger charge is 2.23. The number of halogens is 1. The standard InChI is InChI=1S/C13H11ClN2O/c14-10-2-1-8-5-9(7-15-12(8)6-10)13(17)16-11-3-4-11/h1-2,5-7,11H,3-4H2,(H,16,17). The maximum atomic E-state index is 11.8. The van der Waals surface area contributed by atoms with Crippen molar-refractivity contribution in [1.82, 2.24) is 10.3 Å². The van der Waals surface area contributed by atoms with E-state index in [2.05, 4.69) is 10.3 Å². The summed E-state index contributed by atoms with van der Waals surface area (Å²) in [5.41, 5.74) is 1.41. The number of hydrogen-bond donors (Lipinski definition) is 1. The van der Waals surface area contributed by atoms with Crippen LogP contribution < -0.4 is 5.32 Å². The van der Waals surface area contributed by atoms with Crippen LogP contribution in [0.25, 0.3) is 10.9 Å². The molecule has 1 saturated carbocycles. The predicted molar refractivity (Wildman–Crippen MR) is 67.2 cm³/mol. The van der Waals surface area contributed by atoms with Crippen LogP contribution in [0.1, 0.15) is 23.2 Å². The van der Waals surface area contributed by atoms with Crippen molar-refractivity contribution >= 4 is 28.4 Å². The molecule has 4 heteroatoms. The van der Waals surface area contributed by atoms with Crippen LogP contribution in [0.3, 0.4) is 0 Å². The van der Waals surface area contributed by atoms with Gasteiger partial charge in [0.2, 0.25) is 0 Å². The molecule has 1 aromatic heterocycles. The highest BCUT2D eigenvalue weighted by molar-refractivity contribution is 6.31. The Kier molecular flexibility index (Phi) is 2.48. The third kappa shape index (κ3) is 2.24. The first-order valence-corrected chi connectivity index (χ1v) is 5.96. The van der Waals surface area contributed by atoms with E-state index in [9.17, 15) is 4.79 Å². The zero-order chi connectivity index (χ0) is 11.8. The molecule has 1 aromatic carbocycles. The SMILES string of the molecule is O=C(NC1CC1)c1cnc2cc(Cl)ccc2c1. The molecular weight excluding hydrogens is 236 g/mol. The average Bonchev–Trinajstić information content (AvgIpc) is 3.12. The zero-order valence-electron chi connectivity index (χ0n) is 9.11. The molecule has 17 heavy (non-hydrogen) atoms. The summed E-state index contributed by atoms with van der Waals surface area (Å²) in [5.74, 6) is -0.0446. The van der Waals surface area contributed by atoms with Gasteiger partial charge in [-0.05, 0) is 31.0 Å². The van der Waals surface area contributed by atoms with Crippen LogP contribution in [0.15, 0.2) is 30.5 Å². The van der Waals surface area contributed by atoms with Crippen molar-refractivity contribution in [3.05, 3.63) is 41.0 Å². The summed E-state index contributed by atoms with van der Waals surface area (Å²) in [6.07, 6.45) is 3.76. The van der Waals surface area contributed by atoms with Crippen LogP contribution in [-0.4, -0.2) is 16.9 Å². The molecule has 1 amide bonds. The summed E-state index contributed by atoms with van der Waals surface area (Å²) in [6, 6.07) is 7.67. The molecule has 0 bridgehead atoms. The van der Waals surface area contributed by atoms with E-state index in [0.29, 0.717) is 16.6 Å². The smallest absolute Gasteiger partial charge is 0.253 e. The van der Waals surface area contributed by atoms with Gasteiger partial charge in [-0.3, -0.25) is 9.78 Å². The number of carbonyl (C=O) groups excluding carboxylic acids is 1. The van der Waals surface area contributed by atoms with Crippen LogP contribution in [0, 0.1) is 0 Å². The summed E-state index contributed by atoms with van der Waals surface area (Å²) in [4.78, 5) is 16.1. The summed E-state index contributed by atoms with van der Waals surface area (Å²) in [7, 11) is 0. The Morgan fingerprint density at radius 1 is 1.35 bits per heavy atom. The molecule has 0 unspecified atom stereocenters. The van der Waals surface area contributed by atoms with E-state index in [4.69, 9.17) is 11.6 Å². The van der Waals surface area contributed by atoms with E-state index in [0.717, 1.165) is 23.7 Å². The number of nitrogens with zero attached hydrogens (tertiary/aromatic N) is 1. The van der Waals surface area contributed by atoms with Crippen molar-refractivity contribution in [2.45, 2.75) is 18.9 Å². The van der Waals surface area contributed by atoms with E-state index in [1.54, 1.807) is 18.3 Å². The molecular formula is C13H11ClN2O. The topological polar surface area (TPSA) is 42.0 Å². The van der Waals surface area contributed by atoms with Crippen LogP contribution in [0.2, 0.25) is 5.02 Å². The fourth-order valence-electron chi connectivity index (χ4n) is 1.72. The quantitative estimate of drug-likeness (QED) is 0.885. The number of amides is 1. The summed E-state index contributed by atoms with van der Waals surface area (Å²) in [5, 5.41) is 4.52. The van der Waals surface area contributed by atoms with Gasteiger partial charge >= 0.3 is 0 Å². The van der Waals surface area contributed by atoms with E-state index in [1.165, 1.54) is 0 Å². The Bertz CT molecular complexity index is 593. The third-order valence-electron chi connectivity index (χ3n) is 2.82. The van der Waals surface area contributed by atoms with E-state index in [1.807, 2.05) is 12.1 Å². The van der Waals surface area contributed by atoms with E-state index >= 15 is 0 Å². The first-order valence-electron chi connectivity index (χ1n) is 5.58. The minimum Gasteiger partial charge on any atom is -0.349 e. The first kappa shape index (κ1) is 10.5. The van der Waals surface area contributed by atoms with Crippen LogP contribution >= 0.6 is 11.6 Å². The average molecular weight is 247 g/mol. The minimum absolute atomic E-state index is 0.0446. The number of hydrogen-bond acceptors (Lipinski definition) is 2. The van der Waals surface area contributed by atoms with Crippen molar-refractivity contribution in [1.29, 1.82) is 0 Å². The summed E-state index contributed by atoms with van der Waals surface area (Å²) >= 11 is 5.88. The normalized spacial score (nSPS) is 14.9. The van der Waals surface area contributed by atoms with Gasteiger partial charge in [0.15, 0.2) is 0 Å². The fraction of sp³-hybridized carbons (Fsp3) is 0.231. The molecule has 86 valence electrons. The molecule has 0 spiro atoms. The van der Waals surface area contributed by atoms with Crippen molar-refractivity contribution in [2.24, 2.45) is 0 Å². The van der Waals surface area contributed by atoms with Gasteiger partial charge in [-0.25, -0.2) is 0 Å². The molecule has 0 radical (unpaired) electrons. The minimum atomic E-state index is -0.0446. The Morgan fingerprint density at radius 3 is 2.94 bits per heavy atom. The molecule has 0 saturated heterocycles. The van der Waals surface area contributed by atoms with Gasteiger partial charge < -0.3 is 5.32 Å². The predicted octanol–water partition coefficient (Wildman–Crippen LogP) is 2.78. The monoisotopic (exact) mass is 246 g/mol. The Morgan fingerprint density at radius 2 is 2.18 bits per heavy atom. The van der Waals surface area contributed by atoms with Crippen molar-refractivity contribution in [2.75, 3.05) is 0 Å². The lowest BCUT2D eigenvalue weighted by Crippen LogP contribution is -2.25. The third-order valence-corrected chi connectivity index (χ3v) is 3.06. The Labute approximate surface area is 104 Å². The van der Waals surface area contributed by atoms with Gasteiger partial charge in [0, 0.05) is 22.6 Å². The van der Waals surface area contributed by atoms with Gasteiger partial charge in [0.1, 0.15) is 0 Å². The molecule has 3 nitrogen and oxygen atoms in total. The molecule has 0 aliphatic heterocycles. The first-order chi connectivity index (χ1) is 8.22. The number of rotatable bonds is 2. The van der Waals surface area contributed by atoms with Crippen LogP contribution in [-0.2, 0) is 0 Å². The highest BCUT2D eigenvalue weighted by atomic mass is 35.5. The maximum absolute atomic E-state index is 11.8. The van der Waals surface area contributed by atoms with Gasteiger partial charge in [0.05, 0.1) is 11.1 Å². The molecule has 1 aliphatic rings. The van der Waals surface area contributed by atoms with Crippen LogP contribution in [0.5, 0.6) is 0 Å². The van der Waals surface area contributed by atoms with Crippen molar-refractivity contribution in [3.8, 4) is 0 Å². The largest absolute Gasteiger partial charge is 0.349 e. The number of carbonyl (C=O) groups is 1. The second-order valence-electron chi connectivity index (χ2n) is 4.31.